The van der Waals surface area contributed by atoms with Crippen LogP contribution in [0.25, 0.3) is 0 Å². The number of halogens is 1. The van der Waals surface area contributed by atoms with E-state index in [0.717, 1.165) is 17.3 Å². The maximum absolute atomic E-state index is 12.5. The Labute approximate surface area is 150 Å². The lowest BCUT2D eigenvalue weighted by atomic mass is 9.96. The molecule has 0 aliphatic carbocycles. The molecule has 1 aliphatic rings. The van der Waals surface area contributed by atoms with Crippen LogP contribution >= 0.6 is 12.4 Å². The molecule has 0 amide bonds. The number of benzene rings is 1. The smallest absolute Gasteiger partial charge is 0.242 e. The van der Waals surface area contributed by atoms with E-state index in [1.807, 2.05) is 6.92 Å². The minimum atomic E-state index is -3.77. The standard InChI is InChI=1S/C14H23N3O4S2.ClH/c1-11-7-8-15-10-14(11)16-22(18,19)12-5-4-6-13(9-12)23(20,21)17(2)3;/h4-6,9,11,14-16H,7-8,10H2,1-3H3;1H. The van der Waals surface area contributed by atoms with E-state index in [1.165, 1.54) is 38.4 Å². The quantitative estimate of drug-likeness (QED) is 0.760. The summed E-state index contributed by atoms with van der Waals surface area (Å²) in [5.74, 6) is 0.222. The van der Waals surface area contributed by atoms with Crippen LogP contribution in [0.5, 0.6) is 0 Å². The molecule has 10 heteroatoms. The molecule has 1 aliphatic heterocycles. The average molecular weight is 398 g/mol. The van der Waals surface area contributed by atoms with Gasteiger partial charge in [0.05, 0.1) is 9.79 Å². The fourth-order valence-electron chi connectivity index (χ4n) is 2.43. The Balaban J connectivity index is 0.00000288. The average Bonchev–Trinajstić information content (AvgIpc) is 2.49. The first-order chi connectivity index (χ1) is 10.6. The highest BCUT2D eigenvalue weighted by Crippen LogP contribution is 2.20. The van der Waals surface area contributed by atoms with E-state index in [-0.39, 0.29) is 34.2 Å². The largest absolute Gasteiger partial charge is 0.315 e. The summed E-state index contributed by atoms with van der Waals surface area (Å²) in [5, 5.41) is 3.16. The summed E-state index contributed by atoms with van der Waals surface area (Å²) in [4.78, 5) is -0.0848. The molecule has 24 heavy (non-hydrogen) atoms. The van der Waals surface area contributed by atoms with Crippen molar-refractivity contribution in [3.63, 3.8) is 0 Å². The third-order valence-corrected chi connectivity index (χ3v) is 7.33. The molecular formula is C14H24ClN3O4S2. The second kappa shape index (κ2) is 8.11. The van der Waals surface area contributed by atoms with Gasteiger partial charge in [-0.1, -0.05) is 13.0 Å². The van der Waals surface area contributed by atoms with E-state index in [1.54, 1.807) is 0 Å². The van der Waals surface area contributed by atoms with Crippen LogP contribution in [0.3, 0.4) is 0 Å². The van der Waals surface area contributed by atoms with Gasteiger partial charge in [-0.25, -0.2) is 25.9 Å². The van der Waals surface area contributed by atoms with Crippen molar-refractivity contribution in [1.82, 2.24) is 14.3 Å². The maximum Gasteiger partial charge on any atom is 0.242 e. The number of nitrogens with zero attached hydrogens (tertiary/aromatic N) is 1. The van der Waals surface area contributed by atoms with Gasteiger partial charge in [-0.15, -0.1) is 12.4 Å². The molecule has 2 unspecified atom stereocenters. The van der Waals surface area contributed by atoms with Crippen LogP contribution in [-0.2, 0) is 20.0 Å². The van der Waals surface area contributed by atoms with Gasteiger partial charge in [0.15, 0.2) is 0 Å². The van der Waals surface area contributed by atoms with Gasteiger partial charge in [0.1, 0.15) is 0 Å². The summed E-state index contributed by atoms with van der Waals surface area (Å²) >= 11 is 0. The van der Waals surface area contributed by atoms with Crippen molar-refractivity contribution < 1.29 is 16.8 Å². The fourth-order valence-corrected chi connectivity index (χ4v) is 4.84. The molecule has 2 atom stereocenters. The van der Waals surface area contributed by atoms with Gasteiger partial charge >= 0.3 is 0 Å². The molecule has 0 bridgehead atoms. The SMILES string of the molecule is CC1CCNCC1NS(=O)(=O)c1cccc(S(=O)(=O)N(C)C)c1.Cl. The van der Waals surface area contributed by atoms with Crippen molar-refractivity contribution in [2.24, 2.45) is 5.92 Å². The Kier molecular flexibility index (Phi) is 7.21. The lowest BCUT2D eigenvalue weighted by molar-refractivity contribution is 0.327. The van der Waals surface area contributed by atoms with Crippen LogP contribution in [0.15, 0.2) is 34.1 Å². The lowest BCUT2D eigenvalue weighted by Gasteiger charge is -2.30. The molecule has 0 radical (unpaired) electrons. The third kappa shape index (κ3) is 4.68. The van der Waals surface area contributed by atoms with Gasteiger partial charge in [-0.05, 0) is 37.1 Å². The number of sulfonamides is 2. The fraction of sp³-hybridized carbons (Fsp3) is 0.571. The Morgan fingerprint density at radius 2 is 1.79 bits per heavy atom. The first-order valence-electron chi connectivity index (χ1n) is 7.40. The Morgan fingerprint density at radius 1 is 1.17 bits per heavy atom. The van der Waals surface area contributed by atoms with Gasteiger partial charge in [-0.3, -0.25) is 0 Å². The summed E-state index contributed by atoms with van der Waals surface area (Å²) < 4.78 is 53.1. The van der Waals surface area contributed by atoms with Crippen LogP contribution < -0.4 is 10.0 Å². The molecule has 7 nitrogen and oxygen atoms in total. The number of piperidine rings is 1. The molecule has 1 aromatic rings. The monoisotopic (exact) mass is 397 g/mol. The summed E-state index contributed by atoms with van der Waals surface area (Å²) in [6, 6.07) is 5.21. The minimum Gasteiger partial charge on any atom is -0.315 e. The topological polar surface area (TPSA) is 95.6 Å². The van der Waals surface area contributed by atoms with Crippen LogP contribution in [0.2, 0.25) is 0 Å². The van der Waals surface area contributed by atoms with Gasteiger partial charge in [0.2, 0.25) is 20.0 Å². The van der Waals surface area contributed by atoms with Crippen molar-refractivity contribution >= 4 is 32.5 Å². The molecule has 138 valence electrons. The predicted molar refractivity (Wildman–Crippen MR) is 95.3 cm³/mol. The molecule has 2 rings (SSSR count). The van der Waals surface area contributed by atoms with Crippen LogP contribution in [0, 0.1) is 5.92 Å². The second-order valence-corrected chi connectivity index (χ2v) is 9.83. The predicted octanol–water partition coefficient (Wildman–Crippen LogP) is 0.635. The second-order valence-electron chi connectivity index (χ2n) is 5.96. The molecule has 2 N–H and O–H groups in total. The Bertz CT molecular complexity index is 766. The highest BCUT2D eigenvalue weighted by Gasteiger charge is 2.27. The van der Waals surface area contributed by atoms with Gasteiger partial charge in [0, 0.05) is 26.7 Å². The highest BCUT2D eigenvalue weighted by atomic mass is 35.5. The maximum atomic E-state index is 12.5. The van der Waals surface area contributed by atoms with E-state index in [4.69, 9.17) is 0 Å². The number of nitrogens with one attached hydrogen (secondary N) is 2. The first-order valence-corrected chi connectivity index (χ1v) is 10.3. The van der Waals surface area contributed by atoms with E-state index >= 15 is 0 Å². The van der Waals surface area contributed by atoms with Crippen LogP contribution in [-0.4, -0.2) is 54.4 Å². The number of hydrogen-bond donors (Lipinski definition) is 2. The number of hydrogen-bond acceptors (Lipinski definition) is 5. The van der Waals surface area contributed by atoms with E-state index in [2.05, 4.69) is 10.0 Å². The van der Waals surface area contributed by atoms with Crippen LogP contribution in [0.1, 0.15) is 13.3 Å². The van der Waals surface area contributed by atoms with Gasteiger partial charge in [-0.2, -0.15) is 0 Å². The van der Waals surface area contributed by atoms with E-state index in [0.29, 0.717) is 6.54 Å². The van der Waals surface area contributed by atoms with Crippen molar-refractivity contribution in [3.8, 4) is 0 Å². The molecule has 0 saturated carbocycles. The summed E-state index contributed by atoms with van der Waals surface area (Å²) in [6.07, 6.45) is 0.891. The summed E-state index contributed by atoms with van der Waals surface area (Å²) in [7, 11) is -4.64. The van der Waals surface area contributed by atoms with Crippen LogP contribution in [0.4, 0.5) is 0 Å². The minimum absolute atomic E-state index is 0. The molecule has 1 fully saturated rings. The molecule has 0 spiro atoms. The Morgan fingerprint density at radius 3 is 2.38 bits per heavy atom. The lowest BCUT2D eigenvalue weighted by Crippen LogP contribution is -2.50. The zero-order valence-electron chi connectivity index (χ0n) is 13.9. The molecule has 0 aromatic heterocycles. The molecule has 1 aromatic carbocycles. The van der Waals surface area contributed by atoms with Crippen molar-refractivity contribution in [2.45, 2.75) is 29.2 Å². The van der Waals surface area contributed by atoms with Gasteiger partial charge < -0.3 is 5.32 Å². The van der Waals surface area contributed by atoms with E-state index in [9.17, 15) is 16.8 Å². The summed E-state index contributed by atoms with van der Waals surface area (Å²) in [6.45, 7) is 3.44. The Hall–Kier alpha value is -0.710. The molecule has 1 heterocycles. The summed E-state index contributed by atoms with van der Waals surface area (Å²) in [5.41, 5.74) is 0. The van der Waals surface area contributed by atoms with E-state index < -0.39 is 20.0 Å². The highest BCUT2D eigenvalue weighted by molar-refractivity contribution is 7.90. The zero-order chi connectivity index (χ0) is 17.3. The van der Waals surface area contributed by atoms with Crippen molar-refractivity contribution in [1.29, 1.82) is 0 Å². The van der Waals surface area contributed by atoms with Gasteiger partial charge in [0.25, 0.3) is 0 Å². The number of rotatable bonds is 5. The van der Waals surface area contributed by atoms with Crippen molar-refractivity contribution in [2.75, 3.05) is 27.2 Å². The normalized spacial score (nSPS) is 22.2. The zero-order valence-corrected chi connectivity index (χ0v) is 16.3. The molecule has 1 saturated heterocycles. The third-order valence-electron chi connectivity index (χ3n) is 4.03. The first kappa shape index (κ1) is 21.3. The van der Waals surface area contributed by atoms with Crippen molar-refractivity contribution in [3.05, 3.63) is 24.3 Å². The molecular weight excluding hydrogens is 374 g/mol.